The number of rotatable bonds is 7. The van der Waals surface area contributed by atoms with Gasteiger partial charge in [-0.15, -0.1) is 0 Å². The van der Waals surface area contributed by atoms with Crippen LogP contribution in [0.3, 0.4) is 0 Å². The minimum absolute atomic E-state index is 0.0448. The van der Waals surface area contributed by atoms with E-state index in [0.717, 1.165) is 28.2 Å². The van der Waals surface area contributed by atoms with Gasteiger partial charge in [0, 0.05) is 35.2 Å². The zero-order valence-corrected chi connectivity index (χ0v) is 19.9. The Morgan fingerprint density at radius 3 is 2.45 bits per heavy atom. The summed E-state index contributed by atoms with van der Waals surface area (Å²) in [5.41, 5.74) is 7.13. The van der Waals surface area contributed by atoms with Gasteiger partial charge in [0.25, 0.3) is 5.91 Å². The first kappa shape index (κ1) is 23.7. The van der Waals surface area contributed by atoms with Crippen molar-refractivity contribution >= 4 is 12.0 Å². The highest BCUT2D eigenvalue weighted by Gasteiger charge is 2.15. The number of nitrogens with one attached hydrogen (secondary N) is 1. The first-order valence-corrected chi connectivity index (χ1v) is 10.7. The maximum absolute atomic E-state index is 12.8. The molecule has 0 aliphatic heterocycles. The van der Waals surface area contributed by atoms with Crippen LogP contribution in [0.25, 0.3) is 11.8 Å². The normalized spacial score (nSPS) is 11.1. The molecule has 0 unspecified atom stereocenters. The maximum Gasteiger partial charge on any atom is 0.262 e. The topological polar surface area (TPSA) is 76.3 Å². The molecule has 0 saturated heterocycles. The van der Waals surface area contributed by atoms with Gasteiger partial charge in [0.2, 0.25) is 0 Å². The summed E-state index contributed by atoms with van der Waals surface area (Å²) in [6.07, 6.45) is 1.64. The van der Waals surface area contributed by atoms with E-state index in [2.05, 4.69) is 41.9 Å². The lowest BCUT2D eigenvalue weighted by Gasteiger charge is -2.13. The van der Waals surface area contributed by atoms with E-state index < -0.39 is 5.91 Å². The van der Waals surface area contributed by atoms with Crippen molar-refractivity contribution in [2.24, 2.45) is 0 Å². The van der Waals surface area contributed by atoms with Crippen LogP contribution in [0.15, 0.2) is 48.0 Å². The van der Waals surface area contributed by atoms with E-state index in [-0.39, 0.29) is 12.1 Å². The molecule has 6 heteroatoms. The standard InChI is InChI=1S/C27H29N3O3/c1-17-7-10-25(18(2)11-17)30-19(3)12-22(20(30)4)13-23(15-28)27(31)29-16-21-8-9-24(32-5)14-26(21)33-6/h7-14H,16H2,1-6H3,(H,29,31)/b23-13+. The summed E-state index contributed by atoms with van der Waals surface area (Å²) in [7, 11) is 3.14. The van der Waals surface area contributed by atoms with Crippen LogP contribution in [0.2, 0.25) is 0 Å². The minimum Gasteiger partial charge on any atom is -0.497 e. The fraction of sp³-hybridized carbons (Fsp3) is 0.259. The van der Waals surface area contributed by atoms with Crippen LogP contribution in [0.4, 0.5) is 0 Å². The van der Waals surface area contributed by atoms with Crippen LogP contribution in [0, 0.1) is 39.0 Å². The molecule has 6 nitrogen and oxygen atoms in total. The van der Waals surface area contributed by atoms with E-state index in [4.69, 9.17) is 9.47 Å². The number of carbonyl (C=O) groups is 1. The van der Waals surface area contributed by atoms with Crippen molar-refractivity contribution in [2.45, 2.75) is 34.2 Å². The van der Waals surface area contributed by atoms with Crippen molar-refractivity contribution < 1.29 is 14.3 Å². The van der Waals surface area contributed by atoms with Crippen LogP contribution in [0.1, 0.15) is 33.6 Å². The number of nitriles is 1. The number of hydrogen-bond acceptors (Lipinski definition) is 4. The van der Waals surface area contributed by atoms with Gasteiger partial charge in [-0.3, -0.25) is 4.79 Å². The molecule has 1 heterocycles. The van der Waals surface area contributed by atoms with Crippen molar-refractivity contribution in [3.05, 3.63) is 81.7 Å². The predicted molar refractivity (Wildman–Crippen MR) is 130 cm³/mol. The fourth-order valence-corrected chi connectivity index (χ4v) is 3.93. The molecule has 0 spiro atoms. The van der Waals surface area contributed by atoms with Gasteiger partial charge in [0.05, 0.1) is 14.2 Å². The highest BCUT2D eigenvalue weighted by atomic mass is 16.5. The zero-order chi connectivity index (χ0) is 24.1. The molecule has 0 aliphatic rings. The quantitative estimate of drug-likeness (QED) is 0.414. The lowest BCUT2D eigenvalue weighted by molar-refractivity contribution is -0.117. The molecule has 0 fully saturated rings. The third kappa shape index (κ3) is 5.09. The predicted octanol–water partition coefficient (Wildman–Crippen LogP) is 4.95. The van der Waals surface area contributed by atoms with Gasteiger partial charge in [-0.05, 0) is 69.2 Å². The number of hydrogen-bond donors (Lipinski definition) is 1. The molecule has 0 bridgehead atoms. The van der Waals surface area contributed by atoms with Crippen molar-refractivity contribution in [3.63, 3.8) is 0 Å². The third-order valence-electron chi connectivity index (χ3n) is 5.66. The summed E-state index contributed by atoms with van der Waals surface area (Å²) < 4.78 is 12.7. The highest BCUT2D eigenvalue weighted by molar-refractivity contribution is 6.01. The molecule has 1 amide bonds. The summed E-state index contributed by atoms with van der Waals surface area (Å²) in [5, 5.41) is 12.5. The summed E-state index contributed by atoms with van der Waals surface area (Å²) in [6.45, 7) is 8.39. The van der Waals surface area contributed by atoms with Gasteiger partial charge in [0.15, 0.2) is 0 Å². The fourth-order valence-electron chi connectivity index (χ4n) is 3.93. The first-order valence-electron chi connectivity index (χ1n) is 10.7. The van der Waals surface area contributed by atoms with Gasteiger partial charge in [-0.25, -0.2) is 0 Å². The lowest BCUT2D eigenvalue weighted by Crippen LogP contribution is -2.24. The number of nitrogens with zero attached hydrogens (tertiary/aromatic N) is 2. The maximum atomic E-state index is 12.8. The van der Waals surface area contributed by atoms with Crippen molar-refractivity contribution in [2.75, 3.05) is 14.2 Å². The summed E-state index contributed by atoms with van der Waals surface area (Å²) in [6, 6.07) is 15.7. The number of amides is 1. The van der Waals surface area contributed by atoms with Gasteiger partial charge < -0.3 is 19.4 Å². The van der Waals surface area contributed by atoms with E-state index >= 15 is 0 Å². The molecule has 0 saturated carbocycles. The van der Waals surface area contributed by atoms with Crippen molar-refractivity contribution in [3.8, 4) is 23.3 Å². The third-order valence-corrected chi connectivity index (χ3v) is 5.66. The molecular formula is C27H29N3O3. The van der Waals surface area contributed by atoms with E-state index in [9.17, 15) is 10.1 Å². The van der Waals surface area contributed by atoms with Crippen LogP contribution < -0.4 is 14.8 Å². The Bertz CT molecular complexity index is 1260. The molecule has 33 heavy (non-hydrogen) atoms. The summed E-state index contributed by atoms with van der Waals surface area (Å²) in [4.78, 5) is 12.8. The Balaban J connectivity index is 1.85. The first-order chi connectivity index (χ1) is 15.8. The zero-order valence-electron chi connectivity index (χ0n) is 19.9. The van der Waals surface area contributed by atoms with E-state index in [0.29, 0.717) is 11.5 Å². The monoisotopic (exact) mass is 443 g/mol. The lowest BCUT2D eigenvalue weighted by atomic mass is 10.1. The van der Waals surface area contributed by atoms with Gasteiger partial charge in [-0.1, -0.05) is 17.7 Å². The number of carbonyl (C=O) groups excluding carboxylic acids is 1. The second kappa shape index (κ2) is 10.1. The van der Waals surface area contributed by atoms with E-state index in [1.165, 1.54) is 11.1 Å². The van der Waals surface area contributed by atoms with E-state index in [1.807, 2.05) is 32.0 Å². The molecule has 0 aliphatic carbocycles. The highest BCUT2D eigenvalue weighted by Crippen LogP contribution is 2.26. The van der Waals surface area contributed by atoms with Gasteiger partial charge in [0.1, 0.15) is 23.1 Å². The molecule has 3 rings (SSSR count). The SMILES string of the molecule is COc1ccc(CNC(=O)/C(C#N)=C/c2cc(C)n(-c3ccc(C)cc3C)c2C)c(OC)c1. The average Bonchev–Trinajstić information content (AvgIpc) is 3.08. The molecule has 3 aromatic rings. The van der Waals surface area contributed by atoms with Crippen LogP contribution >= 0.6 is 0 Å². The smallest absolute Gasteiger partial charge is 0.262 e. The second-order valence-electron chi connectivity index (χ2n) is 7.98. The Kier molecular flexibility index (Phi) is 7.24. The Hall–Kier alpha value is -3.98. The minimum atomic E-state index is -0.438. The summed E-state index contributed by atoms with van der Waals surface area (Å²) >= 11 is 0. The van der Waals surface area contributed by atoms with Crippen LogP contribution in [0.5, 0.6) is 11.5 Å². The van der Waals surface area contributed by atoms with Gasteiger partial charge >= 0.3 is 0 Å². The van der Waals surface area contributed by atoms with Gasteiger partial charge in [-0.2, -0.15) is 5.26 Å². The largest absolute Gasteiger partial charge is 0.497 e. The Morgan fingerprint density at radius 1 is 1.06 bits per heavy atom. The van der Waals surface area contributed by atoms with Crippen molar-refractivity contribution in [1.29, 1.82) is 5.26 Å². The molecule has 1 N–H and O–H groups in total. The number of methoxy groups -OCH3 is 2. The molecule has 1 aromatic heterocycles. The Labute approximate surface area is 195 Å². The number of ether oxygens (including phenoxy) is 2. The number of aryl methyl sites for hydroxylation is 3. The molecule has 2 aromatic carbocycles. The van der Waals surface area contributed by atoms with Crippen LogP contribution in [-0.2, 0) is 11.3 Å². The second-order valence-corrected chi connectivity index (χ2v) is 7.98. The Morgan fingerprint density at radius 2 is 1.82 bits per heavy atom. The molecular weight excluding hydrogens is 414 g/mol. The molecule has 170 valence electrons. The van der Waals surface area contributed by atoms with Crippen molar-refractivity contribution in [1.82, 2.24) is 9.88 Å². The average molecular weight is 444 g/mol. The molecule has 0 radical (unpaired) electrons. The number of aromatic nitrogens is 1. The van der Waals surface area contributed by atoms with Crippen LogP contribution in [-0.4, -0.2) is 24.7 Å². The number of benzene rings is 2. The summed E-state index contributed by atoms with van der Waals surface area (Å²) in [5.74, 6) is 0.833. The molecule has 0 atom stereocenters. The van der Waals surface area contributed by atoms with E-state index in [1.54, 1.807) is 32.4 Å².